The summed E-state index contributed by atoms with van der Waals surface area (Å²) in [6.07, 6.45) is 5.93. The standard InChI is InChI=1S/2C11H12N2OS.CH4.2ClH/c1-7-12-6-9(13-7)11-8-3-5-15-10(8)2-4-14-11;1-7-12-6-9(13-7)10-11-8(2-4-14-10)3-5-15-11;;;/h3,5-6,11H,2,4H2,1H3,(H,12,13);3,5-6,10H,2,4H2,1H3,(H,12,13);1H4;2*1H. The van der Waals surface area contributed by atoms with Gasteiger partial charge in [0.2, 0.25) is 0 Å². The molecule has 2 N–H and O–H groups in total. The second kappa shape index (κ2) is 12.1. The smallest absolute Gasteiger partial charge is 0.133 e. The van der Waals surface area contributed by atoms with Crippen LogP contribution in [0, 0.1) is 13.8 Å². The van der Waals surface area contributed by atoms with Gasteiger partial charge in [0.25, 0.3) is 0 Å². The first-order chi connectivity index (χ1) is 14.7. The molecule has 2 aliphatic heterocycles. The average Bonchev–Trinajstić information content (AvgIpc) is 3.54. The highest BCUT2D eigenvalue weighted by Gasteiger charge is 2.25. The highest BCUT2D eigenvalue weighted by molar-refractivity contribution is 7.10. The van der Waals surface area contributed by atoms with Crippen molar-refractivity contribution in [1.82, 2.24) is 19.9 Å². The minimum atomic E-state index is 0. The molecule has 2 atom stereocenters. The van der Waals surface area contributed by atoms with Gasteiger partial charge in [0.05, 0.1) is 37.0 Å². The van der Waals surface area contributed by atoms with Crippen molar-refractivity contribution in [2.45, 2.75) is 46.3 Å². The molecule has 33 heavy (non-hydrogen) atoms. The van der Waals surface area contributed by atoms with Gasteiger partial charge in [-0.3, -0.25) is 0 Å². The van der Waals surface area contributed by atoms with E-state index in [9.17, 15) is 0 Å². The number of rotatable bonds is 2. The maximum atomic E-state index is 5.80. The van der Waals surface area contributed by atoms with Crippen LogP contribution in [0.4, 0.5) is 0 Å². The van der Waals surface area contributed by atoms with E-state index in [0.29, 0.717) is 0 Å². The number of H-pyrrole nitrogens is 2. The maximum Gasteiger partial charge on any atom is 0.133 e. The molecule has 0 radical (unpaired) electrons. The summed E-state index contributed by atoms with van der Waals surface area (Å²) in [6, 6.07) is 4.35. The van der Waals surface area contributed by atoms with Crippen molar-refractivity contribution < 1.29 is 9.47 Å². The number of thiophene rings is 2. The van der Waals surface area contributed by atoms with E-state index in [-0.39, 0.29) is 44.4 Å². The van der Waals surface area contributed by atoms with Crippen LogP contribution in [0.1, 0.15) is 63.6 Å². The molecule has 0 saturated heterocycles. The molecule has 0 spiro atoms. The van der Waals surface area contributed by atoms with E-state index in [0.717, 1.165) is 49.1 Å². The fourth-order valence-corrected chi connectivity index (χ4v) is 5.84. The highest BCUT2D eigenvalue weighted by Crippen LogP contribution is 2.36. The molecule has 4 aromatic rings. The molecule has 0 amide bonds. The van der Waals surface area contributed by atoms with Gasteiger partial charge < -0.3 is 19.4 Å². The predicted molar refractivity (Wildman–Crippen MR) is 140 cm³/mol. The van der Waals surface area contributed by atoms with E-state index in [4.69, 9.17) is 9.47 Å². The lowest BCUT2D eigenvalue weighted by molar-refractivity contribution is 0.0686. The lowest BCUT2D eigenvalue weighted by Crippen LogP contribution is -2.15. The van der Waals surface area contributed by atoms with Crippen LogP contribution < -0.4 is 0 Å². The number of nitrogens with one attached hydrogen (secondary N) is 2. The number of aromatic nitrogens is 4. The highest BCUT2D eigenvalue weighted by atomic mass is 35.5. The molecule has 0 aromatic carbocycles. The first-order valence-electron chi connectivity index (χ1n) is 10.1. The van der Waals surface area contributed by atoms with Crippen LogP contribution in [0.3, 0.4) is 0 Å². The van der Waals surface area contributed by atoms with E-state index in [1.165, 1.54) is 20.9 Å². The Kier molecular flexibility index (Phi) is 10.1. The molecule has 4 aromatic heterocycles. The Morgan fingerprint density at radius 1 is 0.848 bits per heavy atom. The van der Waals surface area contributed by atoms with Crippen LogP contribution in [0.25, 0.3) is 0 Å². The quantitative estimate of drug-likeness (QED) is 0.317. The normalized spacial score (nSPS) is 18.4. The fourth-order valence-electron chi connectivity index (χ4n) is 3.93. The Labute approximate surface area is 215 Å². The molecule has 6 nitrogen and oxygen atoms in total. The van der Waals surface area contributed by atoms with Crippen LogP contribution >= 0.6 is 47.5 Å². The molecule has 6 rings (SSSR count). The van der Waals surface area contributed by atoms with E-state index in [1.807, 2.05) is 37.6 Å². The molecule has 0 saturated carbocycles. The molecule has 2 aliphatic rings. The van der Waals surface area contributed by atoms with Crippen LogP contribution in [-0.2, 0) is 22.3 Å². The van der Waals surface area contributed by atoms with Crippen LogP contribution in [-0.4, -0.2) is 33.1 Å². The van der Waals surface area contributed by atoms with Gasteiger partial charge in [0.15, 0.2) is 0 Å². The van der Waals surface area contributed by atoms with Gasteiger partial charge in [0.1, 0.15) is 23.9 Å². The monoisotopic (exact) mass is 528 g/mol. The van der Waals surface area contributed by atoms with Crippen molar-refractivity contribution >= 4 is 47.5 Å². The van der Waals surface area contributed by atoms with Gasteiger partial charge in [-0.2, -0.15) is 0 Å². The first kappa shape index (κ1) is 27.6. The van der Waals surface area contributed by atoms with Gasteiger partial charge in [0, 0.05) is 21.7 Å². The number of halogens is 2. The summed E-state index contributed by atoms with van der Waals surface area (Å²) in [5, 5.41) is 4.27. The number of hydrogen-bond acceptors (Lipinski definition) is 6. The molecular formula is C23H30Cl2N4O2S2. The minimum Gasteiger partial charge on any atom is -0.367 e. The number of fused-ring (bicyclic) bond motifs is 2. The number of nitrogens with zero attached hydrogens (tertiary/aromatic N) is 2. The number of aromatic amines is 2. The van der Waals surface area contributed by atoms with E-state index < -0.39 is 0 Å². The first-order valence-corrected chi connectivity index (χ1v) is 11.8. The van der Waals surface area contributed by atoms with Crippen molar-refractivity contribution in [3.05, 3.63) is 79.2 Å². The zero-order valence-corrected chi connectivity index (χ0v) is 21.1. The van der Waals surface area contributed by atoms with Gasteiger partial charge in [-0.15, -0.1) is 47.5 Å². The van der Waals surface area contributed by atoms with Crippen molar-refractivity contribution in [2.24, 2.45) is 0 Å². The molecular weight excluding hydrogens is 499 g/mol. The summed E-state index contributed by atoms with van der Waals surface area (Å²) in [6.45, 7) is 5.52. The Morgan fingerprint density at radius 3 is 2.12 bits per heavy atom. The Hall–Kier alpha value is -1.68. The average molecular weight is 530 g/mol. The summed E-state index contributed by atoms with van der Waals surface area (Å²) < 4.78 is 11.6. The third-order valence-electron chi connectivity index (χ3n) is 5.36. The van der Waals surface area contributed by atoms with Crippen molar-refractivity contribution in [2.75, 3.05) is 13.2 Å². The number of aryl methyl sites for hydroxylation is 2. The molecule has 0 bridgehead atoms. The van der Waals surface area contributed by atoms with Crippen LogP contribution in [0.15, 0.2) is 35.3 Å². The second-order valence-corrected chi connectivity index (χ2v) is 9.41. The van der Waals surface area contributed by atoms with E-state index >= 15 is 0 Å². The summed E-state index contributed by atoms with van der Waals surface area (Å²) in [7, 11) is 0. The van der Waals surface area contributed by atoms with E-state index in [1.54, 1.807) is 11.3 Å². The zero-order chi connectivity index (χ0) is 20.5. The Balaban J connectivity index is 0.000000214. The predicted octanol–water partition coefficient (Wildman–Crippen LogP) is 6.36. The maximum absolute atomic E-state index is 5.80. The van der Waals surface area contributed by atoms with Gasteiger partial charge >= 0.3 is 0 Å². The number of imidazole rings is 2. The van der Waals surface area contributed by atoms with Gasteiger partial charge in [-0.1, -0.05) is 7.43 Å². The van der Waals surface area contributed by atoms with Crippen LogP contribution in [0.5, 0.6) is 0 Å². The number of ether oxygens (including phenoxy) is 2. The molecule has 180 valence electrons. The fraction of sp³-hybridized carbons (Fsp3) is 0.391. The van der Waals surface area contributed by atoms with Gasteiger partial charge in [-0.25, -0.2) is 9.97 Å². The lowest BCUT2D eigenvalue weighted by atomic mass is 10.0. The minimum absolute atomic E-state index is 0. The third kappa shape index (κ3) is 5.88. The van der Waals surface area contributed by atoms with Crippen molar-refractivity contribution in [1.29, 1.82) is 0 Å². The zero-order valence-electron chi connectivity index (χ0n) is 17.8. The Bertz CT molecular complexity index is 1050. The lowest BCUT2D eigenvalue weighted by Gasteiger charge is -2.22. The summed E-state index contributed by atoms with van der Waals surface area (Å²) in [4.78, 5) is 17.7. The van der Waals surface area contributed by atoms with Crippen LogP contribution in [0.2, 0.25) is 0 Å². The summed E-state index contributed by atoms with van der Waals surface area (Å²) >= 11 is 3.58. The van der Waals surface area contributed by atoms with Crippen molar-refractivity contribution in [3.8, 4) is 0 Å². The molecule has 10 heteroatoms. The van der Waals surface area contributed by atoms with Gasteiger partial charge in [-0.05, 0) is 48.7 Å². The Morgan fingerprint density at radius 2 is 1.45 bits per heavy atom. The topological polar surface area (TPSA) is 75.8 Å². The number of hydrogen-bond donors (Lipinski definition) is 2. The SMILES string of the molecule is C.Cc1ncc(C2OCCc3ccsc32)[nH]1.Cc1ncc(C2OCCc3sccc32)[nH]1.Cl.Cl. The summed E-state index contributed by atoms with van der Waals surface area (Å²) in [5.74, 6) is 1.88. The largest absolute Gasteiger partial charge is 0.367 e. The second-order valence-electron chi connectivity index (χ2n) is 7.46. The molecule has 0 aliphatic carbocycles. The molecule has 0 fully saturated rings. The third-order valence-corrected chi connectivity index (χ3v) is 7.36. The van der Waals surface area contributed by atoms with Crippen molar-refractivity contribution in [3.63, 3.8) is 0 Å². The molecule has 6 heterocycles. The summed E-state index contributed by atoms with van der Waals surface area (Å²) in [5.41, 5.74) is 4.85. The molecule has 2 unspecified atom stereocenters. The van der Waals surface area contributed by atoms with E-state index in [2.05, 4.69) is 42.8 Å².